The lowest BCUT2D eigenvalue weighted by atomic mass is 9.89. The Balaban J connectivity index is 2.01. The molecule has 1 aromatic rings. The Labute approximate surface area is 173 Å². The zero-order valence-electron chi connectivity index (χ0n) is 19.1. The number of aryl methyl sites for hydroxylation is 2. The van der Waals surface area contributed by atoms with Crippen molar-refractivity contribution in [1.29, 1.82) is 0 Å². The first kappa shape index (κ1) is 24.6. The fraction of sp³-hybridized carbons (Fsp3) is 0.870. The number of carbonyl (C=O) groups excluding carboxylic acids is 1. The predicted octanol–water partition coefficient (Wildman–Crippen LogP) is 5.54. The first-order valence-corrected chi connectivity index (χ1v) is 11.4. The van der Waals surface area contributed by atoms with E-state index in [1.807, 2.05) is 10.9 Å². The third kappa shape index (κ3) is 13.7. The van der Waals surface area contributed by atoms with Crippen LogP contribution < -0.4 is 5.32 Å². The van der Waals surface area contributed by atoms with Crippen molar-refractivity contribution in [3.63, 3.8) is 0 Å². The molecule has 0 unspecified atom stereocenters. The number of rotatable bonds is 15. The summed E-state index contributed by atoms with van der Waals surface area (Å²) in [6, 6.07) is 0. The Bertz CT molecular complexity index is 531. The van der Waals surface area contributed by atoms with Crippen LogP contribution in [0.15, 0.2) is 6.20 Å². The van der Waals surface area contributed by atoms with Crippen LogP contribution in [0.5, 0.6) is 0 Å². The fourth-order valence-electron chi connectivity index (χ4n) is 3.27. The SMILES string of the molecule is CC(C)CCCCc1cn(CCCC(=O)NCCCCCCC(C)(C)C)nn1. The van der Waals surface area contributed by atoms with Gasteiger partial charge in [0.2, 0.25) is 5.91 Å². The highest BCUT2D eigenvalue weighted by atomic mass is 16.1. The third-order valence-electron chi connectivity index (χ3n) is 5.02. The van der Waals surface area contributed by atoms with E-state index in [1.54, 1.807) is 0 Å². The first-order valence-electron chi connectivity index (χ1n) is 11.4. The van der Waals surface area contributed by atoms with Crippen LogP contribution in [0.3, 0.4) is 0 Å². The molecule has 0 atom stereocenters. The Hall–Kier alpha value is -1.39. The summed E-state index contributed by atoms with van der Waals surface area (Å²) in [6.07, 6.45) is 14.2. The Morgan fingerprint density at radius 3 is 2.54 bits per heavy atom. The average Bonchev–Trinajstić information content (AvgIpc) is 3.04. The van der Waals surface area contributed by atoms with Gasteiger partial charge in [-0.05, 0) is 43.4 Å². The fourth-order valence-corrected chi connectivity index (χ4v) is 3.27. The normalized spacial score (nSPS) is 11.9. The van der Waals surface area contributed by atoms with Crippen molar-refractivity contribution < 1.29 is 4.79 Å². The van der Waals surface area contributed by atoms with Crippen LogP contribution >= 0.6 is 0 Å². The molecule has 0 spiro atoms. The van der Waals surface area contributed by atoms with E-state index in [4.69, 9.17) is 0 Å². The number of carbonyl (C=O) groups is 1. The summed E-state index contributed by atoms with van der Waals surface area (Å²) in [5.74, 6) is 0.930. The van der Waals surface area contributed by atoms with Gasteiger partial charge in [-0.2, -0.15) is 0 Å². The predicted molar refractivity (Wildman–Crippen MR) is 117 cm³/mol. The minimum Gasteiger partial charge on any atom is -0.356 e. The Morgan fingerprint density at radius 2 is 1.82 bits per heavy atom. The number of hydrogen-bond acceptors (Lipinski definition) is 3. The molecule has 0 radical (unpaired) electrons. The van der Waals surface area contributed by atoms with Gasteiger partial charge in [0.25, 0.3) is 0 Å². The molecule has 0 bridgehead atoms. The maximum absolute atomic E-state index is 11.9. The van der Waals surface area contributed by atoms with Crippen molar-refractivity contribution in [2.24, 2.45) is 11.3 Å². The molecule has 0 aliphatic rings. The monoisotopic (exact) mass is 392 g/mol. The summed E-state index contributed by atoms with van der Waals surface area (Å²) in [4.78, 5) is 11.9. The zero-order chi connectivity index (χ0) is 20.8. The summed E-state index contributed by atoms with van der Waals surface area (Å²) in [6.45, 7) is 13.0. The highest BCUT2D eigenvalue weighted by molar-refractivity contribution is 5.75. The molecule has 5 heteroatoms. The number of aromatic nitrogens is 3. The lowest BCUT2D eigenvalue weighted by Crippen LogP contribution is -2.24. The van der Waals surface area contributed by atoms with E-state index >= 15 is 0 Å². The van der Waals surface area contributed by atoms with E-state index in [1.165, 1.54) is 44.9 Å². The third-order valence-corrected chi connectivity index (χ3v) is 5.02. The second-order valence-corrected chi connectivity index (χ2v) is 9.79. The molecule has 1 heterocycles. The highest BCUT2D eigenvalue weighted by Crippen LogP contribution is 2.22. The van der Waals surface area contributed by atoms with Gasteiger partial charge in [-0.25, -0.2) is 0 Å². The standard InChI is InChI=1S/C23H44N4O/c1-20(2)13-8-9-14-21-19-27(26-25-21)18-12-15-22(28)24-17-11-7-6-10-16-23(3,4)5/h19-20H,6-18H2,1-5H3,(H,24,28). The molecular weight excluding hydrogens is 348 g/mol. The molecule has 1 N–H and O–H groups in total. The van der Waals surface area contributed by atoms with Crippen LogP contribution in [0.4, 0.5) is 0 Å². The molecule has 0 aliphatic heterocycles. The van der Waals surface area contributed by atoms with Gasteiger partial charge in [-0.15, -0.1) is 5.10 Å². The summed E-state index contributed by atoms with van der Waals surface area (Å²) < 4.78 is 1.88. The van der Waals surface area contributed by atoms with Crippen molar-refractivity contribution in [3.8, 4) is 0 Å². The van der Waals surface area contributed by atoms with Crippen LogP contribution in [0, 0.1) is 11.3 Å². The summed E-state index contributed by atoms with van der Waals surface area (Å²) >= 11 is 0. The molecule has 0 aliphatic carbocycles. The Morgan fingerprint density at radius 1 is 1.07 bits per heavy atom. The van der Waals surface area contributed by atoms with Gasteiger partial charge in [0.1, 0.15) is 0 Å². The smallest absolute Gasteiger partial charge is 0.220 e. The molecule has 0 fully saturated rings. The number of nitrogens with one attached hydrogen (secondary N) is 1. The van der Waals surface area contributed by atoms with Gasteiger partial charge in [-0.3, -0.25) is 9.48 Å². The van der Waals surface area contributed by atoms with Crippen molar-refractivity contribution >= 4 is 5.91 Å². The summed E-state index contributed by atoms with van der Waals surface area (Å²) in [5, 5.41) is 11.5. The molecule has 162 valence electrons. The van der Waals surface area contributed by atoms with E-state index in [2.05, 4.69) is 50.2 Å². The summed E-state index contributed by atoms with van der Waals surface area (Å²) in [5.41, 5.74) is 1.51. The molecular formula is C23H44N4O. The number of amides is 1. The van der Waals surface area contributed by atoms with Crippen LogP contribution in [-0.4, -0.2) is 27.4 Å². The topological polar surface area (TPSA) is 59.8 Å². The van der Waals surface area contributed by atoms with E-state index in [0.717, 1.165) is 44.0 Å². The largest absolute Gasteiger partial charge is 0.356 e. The number of hydrogen-bond donors (Lipinski definition) is 1. The van der Waals surface area contributed by atoms with Crippen LogP contribution in [-0.2, 0) is 17.8 Å². The van der Waals surface area contributed by atoms with Crippen LogP contribution in [0.25, 0.3) is 0 Å². The molecule has 0 aromatic carbocycles. The number of unbranched alkanes of at least 4 members (excludes halogenated alkanes) is 4. The molecule has 1 amide bonds. The van der Waals surface area contributed by atoms with E-state index in [0.29, 0.717) is 11.8 Å². The molecule has 0 saturated heterocycles. The van der Waals surface area contributed by atoms with Gasteiger partial charge in [0.15, 0.2) is 0 Å². The molecule has 28 heavy (non-hydrogen) atoms. The summed E-state index contributed by atoms with van der Waals surface area (Å²) in [7, 11) is 0. The first-order chi connectivity index (χ1) is 13.3. The molecule has 1 rings (SSSR count). The highest BCUT2D eigenvalue weighted by Gasteiger charge is 2.09. The van der Waals surface area contributed by atoms with Gasteiger partial charge < -0.3 is 5.32 Å². The van der Waals surface area contributed by atoms with Crippen molar-refractivity contribution in [2.75, 3.05) is 6.54 Å². The number of nitrogens with zero attached hydrogens (tertiary/aromatic N) is 3. The maximum atomic E-state index is 11.9. The van der Waals surface area contributed by atoms with Gasteiger partial charge in [-0.1, -0.05) is 71.9 Å². The van der Waals surface area contributed by atoms with Gasteiger partial charge in [0, 0.05) is 25.7 Å². The molecule has 0 saturated carbocycles. The van der Waals surface area contributed by atoms with Crippen LogP contribution in [0.1, 0.15) is 105 Å². The van der Waals surface area contributed by atoms with Crippen molar-refractivity contribution in [2.45, 2.75) is 112 Å². The Kier molecular flexibility index (Phi) is 12.1. The van der Waals surface area contributed by atoms with E-state index in [-0.39, 0.29) is 5.91 Å². The van der Waals surface area contributed by atoms with Crippen molar-refractivity contribution in [1.82, 2.24) is 20.3 Å². The van der Waals surface area contributed by atoms with Crippen LogP contribution in [0.2, 0.25) is 0 Å². The van der Waals surface area contributed by atoms with E-state index in [9.17, 15) is 4.79 Å². The van der Waals surface area contributed by atoms with E-state index < -0.39 is 0 Å². The molecule has 5 nitrogen and oxygen atoms in total. The van der Waals surface area contributed by atoms with Gasteiger partial charge >= 0.3 is 0 Å². The minimum atomic E-state index is 0.156. The van der Waals surface area contributed by atoms with Gasteiger partial charge in [0.05, 0.1) is 5.69 Å². The zero-order valence-corrected chi connectivity index (χ0v) is 19.1. The lowest BCUT2D eigenvalue weighted by Gasteiger charge is -2.17. The average molecular weight is 393 g/mol. The molecule has 1 aromatic heterocycles. The quantitative estimate of drug-likeness (QED) is 0.399. The second-order valence-electron chi connectivity index (χ2n) is 9.79. The lowest BCUT2D eigenvalue weighted by molar-refractivity contribution is -0.121. The van der Waals surface area contributed by atoms with Crippen molar-refractivity contribution in [3.05, 3.63) is 11.9 Å². The second kappa shape index (κ2) is 13.7. The maximum Gasteiger partial charge on any atom is 0.220 e. The minimum absolute atomic E-state index is 0.156.